The van der Waals surface area contributed by atoms with E-state index in [1.54, 1.807) is 18.3 Å². The fourth-order valence-electron chi connectivity index (χ4n) is 2.08. The summed E-state index contributed by atoms with van der Waals surface area (Å²) >= 11 is 1.50. The molecule has 4 rings (SSSR count). The Kier molecular flexibility index (Phi) is 3.38. The number of nitrogens with zero attached hydrogens (tertiary/aromatic N) is 5. The van der Waals surface area contributed by atoms with E-state index in [4.69, 9.17) is 4.42 Å². The number of hydrogen-bond acceptors (Lipinski definition) is 6. The van der Waals surface area contributed by atoms with Gasteiger partial charge in [-0.05, 0) is 47.5 Å². The highest BCUT2D eigenvalue weighted by Gasteiger charge is 2.28. The monoisotopic (exact) mass is 317 g/mol. The van der Waals surface area contributed by atoms with Crippen molar-refractivity contribution in [2.24, 2.45) is 0 Å². The van der Waals surface area contributed by atoms with E-state index in [-0.39, 0.29) is 5.82 Å². The van der Waals surface area contributed by atoms with E-state index >= 15 is 0 Å². The minimum Gasteiger partial charge on any atom is -0.440 e. The molecule has 0 bridgehead atoms. The fourth-order valence-corrected chi connectivity index (χ4v) is 2.88. The summed E-state index contributed by atoms with van der Waals surface area (Å²) in [6.07, 6.45) is 3.91. The highest BCUT2D eigenvalue weighted by Crippen LogP contribution is 2.37. The van der Waals surface area contributed by atoms with Crippen molar-refractivity contribution in [2.75, 3.05) is 0 Å². The first-order valence-corrected chi connectivity index (χ1v) is 7.89. The van der Waals surface area contributed by atoms with E-state index in [0.717, 1.165) is 23.6 Å². The molecule has 0 aliphatic heterocycles. The highest BCUT2D eigenvalue weighted by molar-refractivity contribution is 7.98. The Morgan fingerprint density at radius 2 is 2.09 bits per heavy atom. The van der Waals surface area contributed by atoms with Crippen molar-refractivity contribution in [3.05, 3.63) is 42.2 Å². The SMILES string of the molecule is Fc1ccc(-c2cnc(CSc3nnnn3C3CC3)o2)cc1. The van der Waals surface area contributed by atoms with E-state index < -0.39 is 0 Å². The number of halogens is 1. The molecule has 3 aromatic rings. The van der Waals surface area contributed by atoms with Gasteiger partial charge in [0.25, 0.3) is 0 Å². The molecular formula is C14H12FN5OS. The third-order valence-electron chi connectivity index (χ3n) is 3.36. The smallest absolute Gasteiger partial charge is 0.210 e. The van der Waals surface area contributed by atoms with E-state index in [9.17, 15) is 4.39 Å². The third kappa shape index (κ3) is 2.74. The first kappa shape index (κ1) is 13.4. The minimum atomic E-state index is -0.272. The molecule has 0 amide bonds. The van der Waals surface area contributed by atoms with Crippen molar-refractivity contribution in [3.63, 3.8) is 0 Å². The van der Waals surface area contributed by atoms with Crippen molar-refractivity contribution < 1.29 is 8.81 Å². The van der Waals surface area contributed by atoms with Gasteiger partial charge in [0.2, 0.25) is 11.0 Å². The average molecular weight is 317 g/mol. The van der Waals surface area contributed by atoms with Crippen LogP contribution in [-0.2, 0) is 5.75 Å². The first-order valence-electron chi connectivity index (χ1n) is 6.91. The number of thioether (sulfide) groups is 1. The van der Waals surface area contributed by atoms with Gasteiger partial charge in [0.1, 0.15) is 5.82 Å². The third-order valence-corrected chi connectivity index (χ3v) is 4.28. The van der Waals surface area contributed by atoms with Gasteiger partial charge in [-0.1, -0.05) is 11.8 Å². The Morgan fingerprint density at radius 3 is 2.86 bits per heavy atom. The summed E-state index contributed by atoms with van der Waals surface area (Å²) in [5.41, 5.74) is 0.799. The molecule has 1 aliphatic rings. The predicted octanol–water partition coefficient (Wildman–Crippen LogP) is 3.09. The number of aromatic nitrogens is 5. The number of benzene rings is 1. The molecule has 22 heavy (non-hydrogen) atoms. The molecule has 0 saturated heterocycles. The van der Waals surface area contributed by atoms with Crippen LogP contribution < -0.4 is 0 Å². The second-order valence-electron chi connectivity index (χ2n) is 5.05. The van der Waals surface area contributed by atoms with Crippen molar-refractivity contribution in [1.82, 2.24) is 25.2 Å². The van der Waals surface area contributed by atoms with Gasteiger partial charge in [0, 0.05) is 5.56 Å². The second-order valence-corrected chi connectivity index (χ2v) is 5.99. The zero-order chi connectivity index (χ0) is 14.9. The Hall–Kier alpha value is -2.22. The van der Waals surface area contributed by atoms with Gasteiger partial charge in [-0.15, -0.1) is 5.10 Å². The van der Waals surface area contributed by atoms with Gasteiger partial charge >= 0.3 is 0 Å². The molecule has 1 fully saturated rings. The lowest BCUT2D eigenvalue weighted by atomic mass is 10.2. The number of oxazole rings is 1. The summed E-state index contributed by atoms with van der Waals surface area (Å²) in [5.74, 6) is 1.49. The Balaban J connectivity index is 1.45. The molecule has 0 N–H and O–H groups in total. The van der Waals surface area contributed by atoms with Crippen molar-refractivity contribution in [2.45, 2.75) is 29.8 Å². The van der Waals surface area contributed by atoms with Gasteiger partial charge in [-0.3, -0.25) is 0 Å². The summed E-state index contributed by atoms with van der Waals surface area (Å²) in [5, 5.41) is 12.5. The number of tetrazole rings is 1. The Labute approximate surface area is 129 Å². The minimum absolute atomic E-state index is 0.272. The maximum Gasteiger partial charge on any atom is 0.210 e. The van der Waals surface area contributed by atoms with E-state index in [0.29, 0.717) is 23.4 Å². The van der Waals surface area contributed by atoms with Crippen LogP contribution in [0.4, 0.5) is 4.39 Å². The molecule has 0 unspecified atom stereocenters. The molecule has 0 spiro atoms. The van der Waals surface area contributed by atoms with Crippen LogP contribution in [0.3, 0.4) is 0 Å². The summed E-state index contributed by atoms with van der Waals surface area (Å²) in [4.78, 5) is 4.25. The van der Waals surface area contributed by atoms with Crippen LogP contribution in [0.2, 0.25) is 0 Å². The van der Waals surface area contributed by atoms with Crippen LogP contribution in [0.1, 0.15) is 24.8 Å². The topological polar surface area (TPSA) is 69.6 Å². The summed E-state index contributed by atoms with van der Waals surface area (Å²) in [6, 6.07) is 6.57. The first-order chi connectivity index (χ1) is 10.8. The van der Waals surface area contributed by atoms with Gasteiger partial charge in [0.15, 0.2) is 5.76 Å². The highest BCUT2D eigenvalue weighted by atomic mass is 32.2. The number of rotatable bonds is 5. The standard InChI is InChI=1S/C14H12FN5OS/c15-10-3-1-9(2-4-10)12-7-16-13(21-12)8-22-14-17-18-19-20(14)11-5-6-11/h1-4,7,11H,5-6,8H2. The van der Waals surface area contributed by atoms with E-state index in [1.165, 1.54) is 23.9 Å². The van der Waals surface area contributed by atoms with Crippen molar-refractivity contribution >= 4 is 11.8 Å². The van der Waals surface area contributed by atoms with Crippen LogP contribution in [0.15, 0.2) is 40.0 Å². The summed E-state index contributed by atoms with van der Waals surface area (Å²) in [7, 11) is 0. The molecular weight excluding hydrogens is 305 g/mol. The molecule has 0 atom stereocenters. The molecule has 112 valence electrons. The predicted molar refractivity (Wildman–Crippen MR) is 77.5 cm³/mol. The molecule has 8 heteroatoms. The van der Waals surface area contributed by atoms with Crippen molar-refractivity contribution in [3.8, 4) is 11.3 Å². The molecule has 6 nitrogen and oxygen atoms in total. The zero-order valence-corrected chi connectivity index (χ0v) is 12.3. The normalized spacial score (nSPS) is 14.4. The molecule has 2 aromatic heterocycles. The van der Waals surface area contributed by atoms with E-state index in [1.807, 2.05) is 4.68 Å². The molecule has 1 aromatic carbocycles. The van der Waals surface area contributed by atoms with Gasteiger partial charge < -0.3 is 4.42 Å². The lowest BCUT2D eigenvalue weighted by Crippen LogP contribution is -1.98. The molecule has 0 radical (unpaired) electrons. The molecule has 1 saturated carbocycles. The second kappa shape index (κ2) is 5.53. The average Bonchev–Trinajstić information content (AvgIpc) is 3.09. The van der Waals surface area contributed by atoms with Crippen LogP contribution in [0, 0.1) is 5.82 Å². The zero-order valence-electron chi connectivity index (χ0n) is 11.5. The van der Waals surface area contributed by atoms with Crippen LogP contribution in [-0.4, -0.2) is 25.2 Å². The summed E-state index contributed by atoms with van der Waals surface area (Å²) in [6.45, 7) is 0. The maximum atomic E-state index is 12.9. The largest absolute Gasteiger partial charge is 0.440 e. The van der Waals surface area contributed by atoms with Crippen molar-refractivity contribution in [1.29, 1.82) is 0 Å². The van der Waals surface area contributed by atoms with Gasteiger partial charge in [-0.2, -0.15) is 0 Å². The lowest BCUT2D eigenvalue weighted by molar-refractivity contribution is 0.528. The summed E-state index contributed by atoms with van der Waals surface area (Å²) < 4.78 is 20.5. The quantitative estimate of drug-likeness (QED) is 0.674. The van der Waals surface area contributed by atoms with Gasteiger partial charge in [-0.25, -0.2) is 14.1 Å². The van der Waals surface area contributed by atoms with Crippen LogP contribution >= 0.6 is 11.8 Å². The maximum absolute atomic E-state index is 12.9. The molecule has 2 heterocycles. The molecule has 1 aliphatic carbocycles. The van der Waals surface area contributed by atoms with Gasteiger partial charge in [0.05, 0.1) is 18.0 Å². The van der Waals surface area contributed by atoms with Crippen LogP contribution in [0.25, 0.3) is 11.3 Å². The number of hydrogen-bond donors (Lipinski definition) is 0. The lowest BCUT2D eigenvalue weighted by Gasteiger charge is -2.00. The van der Waals surface area contributed by atoms with Crippen LogP contribution in [0.5, 0.6) is 0 Å². The fraction of sp³-hybridized carbons (Fsp3) is 0.286. The van der Waals surface area contributed by atoms with E-state index in [2.05, 4.69) is 20.5 Å². The Morgan fingerprint density at radius 1 is 1.27 bits per heavy atom. The Bertz CT molecular complexity index is 781.